The van der Waals surface area contributed by atoms with Gasteiger partial charge in [-0.05, 0) is 29.2 Å². The van der Waals surface area contributed by atoms with Crippen molar-refractivity contribution < 1.29 is 9.90 Å². The zero-order chi connectivity index (χ0) is 14.8. The number of rotatable bonds is 3. The maximum Gasteiger partial charge on any atom is 0.251 e. The van der Waals surface area contributed by atoms with Crippen molar-refractivity contribution in [3.8, 4) is 0 Å². The highest BCUT2D eigenvalue weighted by Crippen LogP contribution is 2.31. The van der Waals surface area contributed by atoms with E-state index in [1.54, 1.807) is 0 Å². The molecular weight excluding hydrogens is 262 g/mol. The summed E-state index contributed by atoms with van der Waals surface area (Å²) in [5.74, 6) is -0.0615. The van der Waals surface area contributed by atoms with Gasteiger partial charge in [-0.2, -0.15) is 0 Å². The number of hydrogen-bond donors (Lipinski definition) is 2. The first-order chi connectivity index (χ1) is 10.2. The number of carbonyl (C=O) groups excluding carboxylic acids is 1. The van der Waals surface area contributed by atoms with Gasteiger partial charge in [-0.3, -0.25) is 4.79 Å². The Hall–Kier alpha value is -2.13. The van der Waals surface area contributed by atoms with Gasteiger partial charge < -0.3 is 10.4 Å². The van der Waals surface area contributed by atoms with E-state index in [2.05, 4.69) is 5.32 Å². The molecule has 3 heteroatoms. The summed E-state index contributed by atoms with van der Waals surface area (Å²) in [7, 11) is 0. The number of amides is 1. The minimum atomic E-state index is -0.618. The lowest BCUT2D eigenvalue weighted by Crippen LogP contribution is -2.32. The molecule has 0 saturated carbocycles. The minimum Gasteiger partial charge on any atom is -0.388 e. The summed E-state index contributed by atoms with van der Waals surface area (Å²) in [6.07, 6.45) is 0.235. The molecule has 2 aromatic rings. The molecule has 1 aliphatic heterocycles. The van der Waals surface area contributed by atoms with Gasteiger partial charge in [0.05, 0.1) is 6.10 Å². The van der Waals surface area contributed by atoms with Gasteiger partial charge in [0.25, 0.3) is 5.91 Å². The van der Waals surface area contributed by atoms with E-state index in [1.807, 2.05) is 55.5 Å². The standard InChI is InChI=1S/C18H19NO2/c1-12(13-5-3-2-4-6-13)17(20)15-8-7-14-9-10-19-18(21)16(14)11-15/h2-8,11-12,17,20H,9-10H2,1H3,(H,19,21). The molecule has 3 nitrogen and oxygen atoms in total. The fourth-order valence-corrected chi connectivity index (χ4v) is 2.84. The molecule has 1 aliphatic rings. The van der Waals surface area contributed by atoms with Gasteiger partial charge in [-0.25, -0.2) is 0 Å². The van der Waals surface area contributed by atoms with Crippen molar-refractivity contribution in [2.45, 2.75) is 25.4 Å². The van der Waals surface area contributed by atoms with E-state index in [0.29, 0.717) is 12.1 Å². The summed E-state index contributed by atoms with van der Waals surface area (Å²) in [4.78, 5) is 11.9. The first kappa shape index (κ1) is 13.8. The molecule has 2 unspecified atom stereocenters. The zero-order valence-corrected chi connectivity index (χ0v) is 12.0. The van der Waals surface area contributed by atoms with Crippen LogP contribution in [0.15, 0.2) is 48.5 Å². The molecule has 2 N–H and O–H groups in total. The summed E-state index contributed by atoms with van der Waals surface area (Å²) < 4.78 is 0. The van der Waals surface area contributed by atoms with Gasteiger partial charge in [-0.15, -0.1) is 0 Å². The maximum atomic E-state index is 11.9. The monoisotopic (exact) mass is 281 g/mol. The SMILES string of the molecule is CC(c1ccccc1)C(O)c1ccc2c(c1)C(=O)NCC2. The van der Waals surface area contributed by atoms with E-state index in [9.17, 15) is 9.90 Å². The number of nitrogens with one attached hydrogen (secondary N) is 1. The van der Waals surface area contributed by atoms with Crippen LogP contribution in [0.25, 0.3) is 0 Å². The van der Waals surface area contributed by atoms with E-state index in [4.69, 9.17) is 0 Å². The molecule has 3 rings (SSSR count). The fourth-order valence-electron chi connectivity index (χ4n) is 2.84. The van der Waals surface area contributed by atoms with Crippen molar-refractivity contribution in [1.82, 2.24) is 5.32 Å². The second-order valence-electron chi connectivity index (χ2n) is 5.57. The molecule has 0 aliphatic carbocycles. The number of fused-ring (bicyclic) bond motifs is 1. The Labute approximate surface area is 124 Å². The minimum absolute atomic E-state index is 0.0177. The molecule has 2 atom stereocenters. The van der Waals surface area contributed by atoms with Crippen LogP contribution in [0.2, 0.25) is 0 Å². The van der Waals surface area contributed by atoms with Gasteiger partial charge in [0.1, 0.15) is 0 Å². The molecule has 1 heterocycles. The molecule has 2 aromatic carbocycles. The van der Waals surface area contributed by atoms with Crippen LogP contribution in [0, 0.1) is 0 Å². The van der Waals surface area contributed by atoms with Gasteiger partial charge >= 0.3 is 0 Å². The fraction of sp³-hybridized carbons (Fsp3) is 0.278. The van der Waals surface area contributed by atoms with Gasteiger partial charge in [0.2, 0.25) is 0 Å². The molecule has 0 fully saturated rings. The molecule has 0 saturated heterocycles. The second-order valence-corrected chi connectivity index (χ2v) is 5.57. The average Bonchev–Trinajstić information content (AvgIpc) is 2.54. The van der Waals surface area contributed by atoms with Gasteiger partial charge in [0, 0.05) is 18.0 Å². The molecule has 0 radical (unpaired) electrons. The summed E-state index contributed by atoms with van der Waals surface area (Å²) in [5, 5.41) is 13.4. The van der Waals surface area contributed by atoms with Crippen molar-refractivity contribution in [1.29, 1.82) is 0 Å². The molecule has 108 valence electrons. The third kappa shape index (κ3) is 2.69. The topological polar surface area (TPSA) is 49.3 Å². The van der Waals surface area contributed by atoms with Crippen LogP contribution in [0.1, 0.15) is 46.0 Å². The highest BCUT2D eigenvalue weighted by atomic mass is 16.3. The van der Waals surface area contributed by atoms with Crippen LogP contribution in [0.5, 0.6) is 0 Å². The highest BCUT2D eigenvalue weighted by molar-refractivity contribution is 5.96. The van der Waals surface area contributed by atoms with Crippen LogP contribution in [-0.2, 0) is 6.42 Å². The van der Waals surface area contributed by atoms with Crippen LogP contribution >= 0.6 is 0 Å². The van der Waals surface area contributed by atoms with Crippen LogP contribution < -0.4 is 5.32 Å². The van der Waals surface area contributed by atoms with E-state index < -0.39 is 6.10 Å². The van der Waals surface area contributed by atoms with Crippen molar-refractivity contribution in [2.24, 2.45) is 0 Å². The lowest BCUT2D eigenvalue weighted by atomic mass is 9.88. The van der Waals surface area contributed by atoms with E-state index in [0.717, 1.165) is 23.1 Å². The second kappa shape index (κ2) is 5.70. The van der Waals surface area contributed by atoms with Crippen molar-refractivity contribution in [3.05, 3.63) is 70.8 Å². The number of carbonyl (C=O) groups is 1. The Bertz CT molecular complexity index is 652. The van der Waals surface area contributed by atoms with Gasteiger partial charge in [0.15, 0.2) is 0 Å². The number of benzene rings is 2. The summed E-state index contributed by atoms with van der Waals surface area (Å²) in [6.45, 7) is 2.69. The van der Waals surface area contributed by atoms with Crippen LogP contribution in [-0.4, -0.2) is 17.6 Å². The molecule has 0 bridgehead atoms. The summed E-state index contributed by atoms with van der Waals surface area (Å²) in [5.41, 5.74) is 3.63. The maximum absolute atomic E-state index is 11.9. The first-order valence-corrected chi connectivity index (χ1v) is 7.31. The summed E-state index contributed by atoms with van der Waals surface area (Å²) >= 11 is 0. The Morgan fingerprint density at radius 3 is 2.62 bits per heavy atom. The third-order valence-electron chi connectivity index (χ3n) is 4.20. The lowest BCUT2D eigenvalue weighted by Gasteiger charge is -2.22. The molecular formula is C18H19NO2. The quantitative estimate of drug-likeness (QED) is 0.909. The summed E-state index contributed by atoms with van der Waals surface area (Å²) in [6, 6.07) is 15.7. The predicted molar refractivity (Wildman–Crippen MR) is 82.3 cm³/mol. The molecule has 0 spiro atoms. The van der Waals surface area contributed by atoms with Gasteiger partial charge in [-0.1, -0.05) is 49.4 Å². The zero-order valence-electron chi connectivity index (χ0n) is 12.0. The normalized spacial score (nSPS) is 16.8. The Kier molecular flexibility index (Phi) is 3.76. The van der Waals surface area contributed by atoms with Crippen molar-refractivity contribution in [3.63, 3.8) is 0 Å². The van der Waals surface area contributed by atoms with E-state index in [1.165, 1.54) is 0 Å². The smallest absolute Gasteiger partial charge is 0.251 e. The predicted octanol–water partition coefficient (Wildman–Crippen LogP) is 2.81. The van der Waals surface area contributed by atoms with Crippen molar-refractivity contribution in [2.75, 3.05) is 6.54 Å². The Balaban J connectivity index is 1.90. The largest absolute Gasteiger partial charge is 0.388 e. The number of aliphatic hydroxyl groups is 1. The van der Waals surface area contributed by atoms with Crippen LogP contribution in [0.3, 0.4) is 0 Å². The Morgan fingerprint density at radius 2 is 1.86 bits per heavy atom. The van der Waals surface area contributed by atoms with Crippen LogP contribution in [0.4, 0.5) is 0 Å². The molecule has 1 amide bonds. The first-order valence-electron chi connectivity index (χ1n) is 7.31. The highest BCUT2D eigenvalue weighted by Gasteiger charge is 2.22. The van der Waals surface area contributed by atoms with E-state index >= 15 is 0 Å². The van der Waals surface area contributed by atoms with E-state index in [-0.39, 0.29) is 11.8 Å². The Morgan fingerprint density at radius 1 is 1.10 bits per heavy atom. The average molecular weight is 281 g/mol. The van der Waals surface area contributed by atoms with Crippen molar-refractivity contribution >= 4 is 5.91 Å². The number of aliphatic hydroxyl groups excluding tert-OH is 1. The molecule has 0 aromatic heterocycles. The third-order valence-corrected chi connectivity index (χ3v) is 4.20. The molecule has 21 heavy (non-hydrogen) atoms. The number of hydrogen-bond acceptors (Lipinski definition) is 2. The lowest BCUT2D eigenvalue weighted by molar-refractivity contribution is 0.0945.